The van der Waals surface area contributed by atoms with Crippen LogP contribution < -0.4 is 11.1 Å². The third kappa shape index (κ3) is 4.78. The second kappa shape index (κ2) is 7.07. The molecule has 2 rings (SSSR count). The van der Waals surface area contributed by atoms with E-state index in [9.17, 15) is 9.59 Å². The molecule has 0 bridgehead atoms. The molecule has 0 radical (unpaired) electrons. The zero-order valence-electron chi connectivity index (χ0n) is 12.4. The molecule has 2 fully saturated rings. The number of likely N-dealkylation sites (tertiary alicyclic amines) is 1. The number of carbonyl (C=O) groups excluding carboxylic acids is 2. The number of hydrogen-bond donors (Lipinski definition) is 2. The van der Waals surface area contributed by atoms with Gasteiger partial charge in [-0.25, -0.2) is 0 Å². The summed E-state index contributed by atoms with van der Waals surface area (Å²) in [6.45, 7) is 3.92. The van der Waals surface area contributed by atoms with Gasteiger partial charge >= 0.3 is 0 Å². The number of nitrogens with one attached hydrogen (secondary N) is 1. The molecule has 1 saturated carbocycles. The molecule has 2 aliphatic rings. The average Bonchev–Trinajstić information content (AvgIpc) is 3.27. The summed E-state index contributed by atoms with van der Waals surface area (Å²) >= 11 is 0. The number of carbonyl (C=O) groups is 2. The Morgan fingerprint density at radius 1 is 1.25 bits per heavy atom. The highest BCUT2D eigenvalue weighted by molar-refractivity contribution is 5.76. The van der Waals surface area contributed by atoms with Crippen molar-refractivity contribution in [3.8, 4) is 0 Å². The topological polar surface area (TPSA) is 75.4 Å². The molecule has 5 heteroatoms. The van der Waals surface area contributed by atoms with Crippen molar-refractivity contribution < 1.29 is 9.59 Å². The summed E-state index contributed by atoms with van der Waals surface area (Å²) in [5, 5.41) is 2.94. The van der Waals surface area contributed by atoms with Gasteiger partial charge in [0.2, 0.25) is 11.8 Å². The molecule has 20 heavy (non-hydrogen) atoms. The predicted octanol–water partition coefficient (Wildman–Crippen LogP) is 0.879. The summed E-state index contributed by atoms with van der Waals surface area (Å²) < 4.78 is 0. The van der Waals surface area contributed by atoms with Crippen LogP contribution >= 0.6 is 0 Å². The van der Waals surface area contributed by atoms with Crippen molar-refractivity contribution >= 4 is 11.8 Å². The van der Waals surface area contributed by atoms with Crippen LogP contribution in [0.4, 0.5) is 0 Å². The maximum absolute atomic E-state index is 11.8. The van der Waals surface area contributed by atoms with Gasteiger partial charge in [-0.05, 0) is 43.9 Å². The summed E-state index contributed by atoms with van der Waals surface area (Å²) in [4.78, 5) is 24.9. The minimum absolute atomic E-state index is 0.120. The summed E-state index contributed by atoms with van der Waals surface area (Å²) in [5.74, 6) is 1.49. The highest BCUT2D eigenvalue weighted by Gasteiger charge is 2.28. The molecule has 3 N–H and O–H groups in total. The van der Waals surface area contributed by atoms with E-state index in [0.29, 0.717) is 24.8 Å². The fourth-order valence-corrected chi connectivity index (χ4v) is 2.88. The van der Waals surface area contributed by atoms with Gasteiger partial charge in [0, 0.05) is 39.0 Å². The van der Waals surface area contributed by atoms with Crippen LogP contribution in [0.3, 0.4) is 0 Å². The van der Waals surface area contributed by atoms with Crippen molar-refractivity contribution in [2.45, 2.75) is 51.5 Å². The Balaban J connectivity index is 1.56. The van der Waals surface area contributed by atoms with Crippen LogP contribution in [0.5, 0.6) is 0 Å². The van der Waals surface area contributed by atoms with E-state index in [0.717, 1.165) is 32.4 Å². The molecule has 0 spiro atoms. The van der Waals surface area contributed by atoms with Gasteiger partial charge in [0.25, 0.3) is 0 Å². The smallest absolute Gasteiger partial charge is 0.220 e. The van der Waals surface area contributed by atoms with Crippen molar-refractivity contribution in [3.05, 3.63) is 0 Å². The molecule has 114 valence electrons. The fourth-order valence-electron chi connectivity index (χ4n) is 2.88. The Labute approximate surface area is 121 Å². The SMILES string of the molecule is CC(=O)N1CCC(CCC(=O)NCC(N)C2CC2)CC1. The summed E-state index contributed by atoms with van der Waals surface area (Å²) in [7, 11) is 0. The van der Waals surface area contributed by atoms with E-state index in [2.05, 4.69) is 5.32 Å². The third-order valence-electron chi connectivity index (χ3n) is 4.60. The number of piperidine rings is 1. The molecule has 1 unspecified atom stereocenters. The van der Waals surface area contributed by atoms with Gasteiger partial charge < -0.3 is 16.0 Å². The van der Waals surface area contributed by atoms with E-state index < -0.39 is 0 Å². The van der Waals surface area contributed by atoms with Crippen LogP contribution in [0.25, 0.3) is 0 Å². The van der Waals surface area contributed by atoms with E-state index in [1.54, 1.807) is 6.92 Å². The van der Waals surface area contributed by atoms with Crippen LogP contribution in [0, 0.1) is 11.8 Å². The molecule has 0 aromatic rings. The minimum Gasteiger partial charge on any atom is -0.355 e. The van der Waals surface area contributed by atoms with Crippen LogP contribution in [-0.4, -0.2) is 42.4 Å². The number of nitrogens with two attached hydrogens (primary N) is 1. The first-order valence-electron chi connectivity index (χ1n) is 7.84. The minimum atomic E-state index is 0.120. The molecular weight excluding hydrogens is 254 g/mol. The Kier molecular flexibility index (Phi) is 5.40. The summed E-state index contributed by atoms with van der Waals surface area (Å²) in [6, 6.07) is 0.137. The lowest BCUT2D eigenvalue weighted by Gasteiger charge is -2.31. The lowest BCUT2D eigenvalue weighted by atomic mass is 9.92. The van der Waals surface area contributed by atoms with Gasteiger partial charge in [0.1, 0.15) is 0 Å². The second-order valence-electron chi connectivity index (χ2n) is 6.29. The monoisotopic (exact) mass is 281 g/mol. The van der Waals surface area contributed by atoms with Crippen molar-refractivity contribution in [2.75, 3.05) is 19.6 Å². The lowest BCUT2D eigenvalue weighted by molar-refractivity contribution is -0.130. The molecule has 1 aliphatic carbocycles. The van der Waals surface area contributed by atoms with Crippen LogP contribution in [0.1, 0.15) is 45.4 Å². The van der Waals surface area contributed by atoms with E-state index in [1.807, 2.05) is 4.90 Å². The number of nitrogens with zero attached hydrogens (tertiary/aromatic N) is 1. The van der Waals surface area contributed by atoms with E-state index in [1.165, 1.54) is 12.8 Å². The van der Waals surface area contributed by atoms with Gasteiger partial charge in [-0.3, -0.25) is 9.59 Å². The van der Waals surface area contributed by atoms with Gasteiger partial charge in [-0.15, -0.1) is 0 Å². The highest BCUT2D eigenvalue weighted by atomic mass is 16.2. The molecule has 1 aliphatic heterocycles. The Bertz CT molecular complexity index is 347. The van der Waals surface area contributed by atoms with Gasteiger partial charge in [0.05, 0.1) is 0 Å². The number of rotatable bonds is 6. The van der Waals surface area contributed by atoms with Crippen molar-refractivity contribution in [3.63, 3.8) is 0 Å². The van der Waals surface area contributed by atoms with Crippen molar-refractivity contribution in [1.82, 2.24) is 10.2 Å². The van der Waals surface area contributed by atoms with Crippen LogP contribution in [0.15, 0.2) is 0 Å². The van der Waals surface area contributed by atoms with Crippen molar-refractivity contribution in [1.29, 1.82) is 0 Å². The highest BCUT2D eigenvalue weighted by Crippen LogP contribution is 2.31. The third-order valence-corrected chi connectivity index (χ3v) is 4.60. The summed E-state index contributed by atoms with van der Waals surface area (Å²) in [6.07, 6.45) is 5.98. The van der Waals surface area contributed by atoms with E-state index in [4.69, 9.17) is 5.73 Å². The Morgan fingerprint density at radius 2 is 1.90 bits per heavy atom. The largest absolute Gasteiger partial charge is 0.355 e. The normalized spacial score (nSPS) is 21.6. The molecule has 1 atom stereocenters. The van der Waals surface area contributed by atoms with Crippen LogP contribution in [0.2, 0.25) is 0 Å². The molecule has 2 amide bonds. The van der Waals surface area contributed by atoms with Gasteiger partial charge in [-0.1, -0.05) is 0 Å². The van der Waals surface area contributed by atoms with Gasteiger partial charge in [-0.2, -0.15) is 0 Å². The summed E-state index contributed by atoms with van der Waals surface area (Å²) in [5.41, 5.74) is 5.96. The first-order chi connectivity index (χ1) is 9.56. The second-order valence-corrected chi connectivity index (χ2v) is 6.29. The number of amides is 2. The van der Waals surface area contributed by atoms with Gasteiger partial charge in [0.15, 0.2) is 0 Å². The molecule has 1 heterocycles. The van der Waals surface area contributed by atoms with E-state index in [-0.39, 0.29) is 17.9 Å². The average molecular weight is 281 g/mol. The Morgan fingerprint density at radius 3 is 2.45 bits per heavy atom. The standard InChI is InChI=1S/C15H27N3O2/c1-11(19)18-8-6-12(7-9-18)2-5-15(20)17-10-14(16)13-3-4-13/h12-14H,2-10,16H2,1H3,(H,17,20). The fraction of sp³-hybridized carbons (Fsp3) is 0.867. The molecule has 1 saturated heterocycles. The van der Waals surface area contributed by atoms with Crippen LogP contribution in [-0.2, 0) is 9.59 Å². The lowest BCUT2D eigenvalue weighted by Crippen LogP contribution is -2.39. The molecule has 0 aromatic heterocycles. The Hall–Kier alpha value is -1.10. The zero-order valence-corrected chi connectivity index (χ0v) is 12.4. The quantitative estimate of drug-likeness (QED) is 0.759. The first kappa shape index (κ1) is 15.3. The van der Waals surface area contributed by atoms with E-state index >= 15 is 0 Å². The molecule has 0 aromatic carbocycles. The maximum Gasteiger partial charge on any atom is 0.220 e. The number of hydrogen-bond acceptors (Lipinski definition) is 3. The first-order valence-corrected chi connectivity index (χ1v) is 7.84. The molecule has 5 nitrogen and oxygen atoms in total. The van der Waals surface area contributed by atoms with Crippen molar-refractivity contribution in [2.24, 2.45) is 17.6 Å². The maximum atomic E-state index is 11.8. The predicted molar refractivity (Wildman–Crippen MR) is 77.9 cm³/mol. The molecular formula is C15H27N3O2. The zero-order chi connectivity index (χ0) is 14.5.